The van der Waals surface area contributed by atoms with Crippen LogP contribution in [-0.4, -0.2) is 0 Å². The lowest BCUT2D eigenvalue weighted by molar-refractivity contribution is 0.951. The summed E-state index contributed by atoms with van der Waals surface area (Å²) in [5.74, 6) is 0. The molecule has 0 amide bonds. The third-order valence-electron chi connectivity index (χ3n) is 4.84. The first-order valence-electron chi connectivity index (χ1n) is 9.77. The molecule has 138 valence electrons. The minimum atomic E-state index is 1.05. The molecule has 1 heteroatoms. The number of aryl methyl sites for hydroxylation is 1. The van der Waals surface area contributed by atoms with E-state index in [1.807, 2.05) is 0 Å². The molecule has 0 saturated carbocycles. The summed E-state index contributed by atoms with van der Waals surface area (Å²) < 4.78 is 0. The van der Waals surface area contributed by atoms with Gasteiger partial charge in [0.25, 0.3) is 0 Å². The first kappa shape index (κ1) is 17.9. The largest absolute Gasteiger partial charge is 0.313 e. The van der Waals surface area contributed by atoms with Crippen molar-refractivity contribution < 1.29 is 0 Å². The highest BCUT2D eigenvalue weighted by Gasteiger charge is 2.09. The molecule has 0 aliphatic heterocycles. The van der Waals surface area contributed by atoms with Crippen molar-refractivity contribution in [2.75, 3.05) is 4.90 Å². The van der Waals surface area contributed by atoms with Crippen molar-refractivity contribution in [1.29, 1.82) is 0 Å². The molecule has 4 aromatic carbocycles. The van der Waals surface area contributed by atoms with Crippen LogP contribution in [0.25, 0.3) is 0 Å². The fourth-order valence-corrected chi connectivity index (χ4v) is 3.41. The number of anilines is 3. The number of rotatable bonds is 7. The lowest BCUT2D eigenvalue weighted by atomic mass is 10.0. The molecule has 0 aromatic heterocycles. The Morgan fingerprint density at radius 3 is 1.50 bits per heavy atom. The summed E-state index contributed by atoms with van der Waals surface area (Å²) >= 11 is 0. The highest BCUT2D eigenvalue weighted by Crippen LogP contribution is 2.34. The molecule has 4 aromatic rings. The van der Waals surface area contributed by atoms with E-state index in [0.29, 0.717) is 0 Å². The van der Waals surface area contributed by atoms with Crippen molar-refractivity contribution in [3.63, 3.8) is 0 Å². The standard InChI is InChI=1S/C27H24N/c1-4-11-23(12-5-1)13-10-14-24-19-21-27(22-20-24)28(25-15-6-2-7-16-25)26-17-8-3-9-18-26/h1-9,11-12,14-22H,10,13H2/q-1. The van der Waals surface area contributed by atoms with E-state index in [0.717, 1.165) is 29.9 Å². The molecule has 1 nitrogen and oxygen atoms in total. The Balaban J connectivity index is 1.50. The van der Waals surface area contributed by atoms with E-state index in [1.165, 1.54) is 11.1 Å². The topological polar surface area (TPSA) is 3.24 Å². The molecule has 0 atom stereocenters. The quantitative estimate of drug-likeness (QED) is 0.311. The van der Waals surface area contributed by atoms with Crippen LogP contribution in [0.2, 0.25) is 0 Å². The van der Waals surface area contributed by atoms with Gasteiger partial charge in [-0.3, -0.25) is 0 Å². The molecule has 0 saturated heterocycles. The molecule has 0 bridgehead atoms. The zero-order valence-corrected chi connectivity index (χ0v) is 15.9. The molecule has 0 unspecified atom stereocenters. The van der Waals surface area contributed by atoms with Gasteiger partial charge in [0.2, 0.25) is 0 Å². The van der Waals surface area contributed by atoms with Crippen LogP contribution in [0.4, 0.5) is 17.1 Å². The van der Waals surface area contributed by atoms with Gasteiger partial charge in [-0.05, 0) is 36.2 Å². The fraction of sp³-hybridized carbons (Fsp3) is 0.0741. The summed E-state index contributed by atoms with van der Waals surface area (Å²) in [7, 11) is 0. The average Bonchev–Trinajstić information content (AvgIpc) is 2.77. The summed E-state index contributed by atoms with van der Waals surface area (Å²) in [4.78, 5) is 2.29. The second-order valence-electron chi connectivity index (χ2n) is 6.83. The van der Waals surface area contributed by atoms with Crippen LogP contribution in [0.3, 0.4) is 0 Å². The van der Waals surface area contributed by atoms with Gasteiger partial charge in [0.1, 0.15) is 0 Å². The molecule has 0 aliphatic rings. The normalized spacial score (nSPS) is 10.4. The number of para-hydroxylation sites is 2. The van der Waals surface area contributed by atoms with Gasteiger partial charge in [-0.15, -0.1) is 0 Å². The fourth-order valence-electron chi connectivity index (χ4n) is 3.41. The summed E-state index contributed by atoms with van der Waals surface area (Å²) in [6.45, 7) is 0. The van der Waals surface area contributed by atoms with Crippen molar-refractivity contribution in [1.82, 2.24) is 0 Å². The maximum Gasteiger partial charge on any atom is 0.0460 e. The van der Waals surface area contributed by atoms with Gasteiger partial charge >= 0.3 is 0 Å². The van der Waals surface area contributed by atoms with Crippen LogP contribution >= 0.6 is 0 Å². The lowest BCUT2D eigenvalue weighted by Crippen LogP contribution is -2.09. The molecule has 0 N–H and O–H groups in total. The highest BCUT2D eigenvalue weighted by atomic mass is 15.1. The van der Waals surface area contributed by atoms with Crippen molar-refractivity contribution >= 4 is 17.1 Å². The minimum Gasteiger partial charge on any atom is -0.313 e. The van der Waals surface area contributed by atoms with Gasteiger partial charge in [-0.2, -0.15) is 24.1 Å². The Bertz CT molecular complexity index is 921. The number of benzene rings is 4. The Labute approximate surface area is 167 Å². The van der Waals surface area contributed by atoms with E-state index in [-0.39, 0.29) is 0 Å². The van der Waals surface area contributed by atoms with Crippen molar-refractivity contribution in [3.8, 4) is 0 Å². The van der Waals surface area contributed by atoms with Gasteiger partial charge in [-0.25, -0.2) is 0 Å². The second kappa shape index (κ2) is 8.96. The molecular weight excluding hydrogens is 338 g/mol. The number of hydrogen-bond donors (Lipinski definition) is 0. The van der Waals surface area contributed by atoms with Crippen LogP contribution in [0, 0.1) is 6.42 Å². The second-order valence-corrected chi connectivity index (χ2v) is 6.83. The van der Waals surface area contributed by atoms with E-state index in [4.69, 9.17) is 0 Å². The SMILES string of the molecule is c1ccc(CC[CH-]c2ccc(N(c3ccccc3)c3ccccc3)cc2)cc1. The highest BCUT2D eigenvalue weighted by molar-refractivity contribution is 5.76. The Morgan fingerprint density at radius 1 is 0.500 bits per heavy atom. The predicted molar refractivity (Wildman–Crippen MR) is 119 cm³/mol. The maximum atomic E-state index is 2.31. The maximum absolute atomic E-state index is 2.31. The molecule has 0 spiro atoms. The molecule has 0 fully saturated rings. The van der Waals surface area contributed by atoms with Crippen LogP contribution in [0.5, 0.6) is 0 Å². The molecule has 0 heterocycles. The summed E-state index contributed by atoms with van der Waals surface area (Å²) in [6, 6.07) is 40.5. The van der Waals surface area contributed by atoms with E-state index >= 15 is 0 Å². The van der Waals surface area contributed by atoms with Gasteiger partial charge in [0.15, 0.2) is 0 Å². The third kappa shape index (κ3) is 4.44. The van der Waals surface area contributed by atoms with Crippen molar-refractivity contribution in [3.05, 3.63) is 133 Å². The van der Waals surface area contributed by atoms with Crippen LogP contribution in [0.1, 0.15) is 17.5 Å². The van der Waals surface area contributed by atoms with Gasteiger partial charge in [-0.1, -0.05) is 85.3 Å². The smallest absolute Gasteiger partial charge is 0.0460 e. The predicted octanol–water partition coefficient (Wildman–Crippen LogP) is 7.34. The first-order valence-corrected chi connectivity index (χ1v) is 9.77. The monoisotopic (exact) mass is 362 g/mol. The van der Waals surface area contributed by atoms with Gasteiger partial charge < -0.3 is 4.90 Å². The van der Waals surface area contributed by atoms with Crippen molar-refractivity contribution in [2.45, 2.75) is 12.8 Å². The number of nitrogens with zero attached hydrogens (tertiary/aromatic N) is 1. The van der Waals surface area contributed by atoms with E-state index < -0.39 is 0 Å². The average molecular weight is 362 g/mol. The summed E-state index contributed by atoms with van der Waals surface area (Å²) in [5, 5.41) is 0. The van der Waals surface area contributed by atoms with Gasteiger partial charge in [0, 0.05) is 17.1 Å². The molecule has 0 radical (unpaired) electrons. The molecule has 28 heavy (non-hydrogen) atoms. The molecule has 0 aliphatic carbocycles. The van der Waals surface area contributed by atoms with E-state index in [9.17, 15) is 0 Å². The first-order chi connectivity index (χ1) is 13.9. The van der Waals surface area contributed by atoms with Crippen LogP contribution in [-0.2, 0) is 6.42 Å². The number of hydrogen-bond acceptors (Lipinski definition) is 1. The third-order valence-corrected chi connectivity index (χ3v) is 4.84. The lowest BCUT2D eigenvalue weighted by Gasteiger charge is -2.27. The Hall–Kier alpha value is -3.45. The molecular formula is C27H24N-. The Kier molecular flexibility index (Phi) is 5.74. The zero-order chi connectivity index (χ0) is 19.0. The van der Waals surface area contributed by atoms with Crippen LogP contribution in [0.15, 0.2) is 115 Å². The summed E-state index contributed by atoms with van der Waals surface area (Å²) in [5.41, 5.74) is 6.14. The van der Waals surface area contributed by atoms with Crippen molar-refractivity contribution in [2.24, 2.45) is 0 Å². The van der Waals surface area contributed by atoms with E-state index in [1.54, 1.807) is 0 Å². The zero-order valence-electron chi connectivity index (χ0n) is 15.9. The Morgan fingerprint density at radius 2 is 0.964 bits per heavy atom. The van der Waals surface area contributed by atoms with Gasteiger partial charge in [0.05, 0.1) is 0 Å². The summed E-state index contributed by atoms with van der Waals surface area (Å²) in [6.07, 6.45) is 4.43. The van der Waals surface area contributed by atoms with Crippen LogP contribution < -0.4 is 4.90 Å². The van der Waals surface area contributed by atoms with E-state index in [2.05, 4.69) is 127 Å². The minimum absolute atomic E-state index is 1.05. The molecule has 4 rings (SSSR count).